The maximum Gasteiger partial charge on any atom is 0.225 e. The molecule has 1 N–H and O–H groups in total. The number of nitrogens with one attached hydrogen (secondary N) is 1. The van der Waals surface area contributed by atoms with Crippen LogP contribution in [0.4, 0.5) is 17.5 Å². The molecule has 5 heteroatoms. The van der Waals surface area contributed by atoms with Gasteiger partial charge in [-0.05, 0) is 31.4 Å². The Morgan fingerprint density at radius 2 is 1.86 bits per heavy atom. The molecule has 1 unspecified atom stereocenters. The van der Waals surface area contributed by atoms with Crippen LogP contribution in [0.5, 0.6) is 0 Å². The third kappa shape index (κ3) is 3.85. The van der Waals surface area contributed by atoms with Crippen molar-refractivity contribution in [2.75, 3.05) is 30.5 Å². The van der Waals surface area contributed by atoms with Crippen molar-refractivity contribution in [1.29, 1.82) is 0 Å². The van der Waals surface area contributed by atoms with Gasteiger partial charge in [-0.25, -0.2) is 4.98 Å². The summed E-state index contributed by atoms with van der Waals surface area (Å²) in [5.74, 6) is 1.59. The Kier molecular flexibility index (Phi) is 5.53. The van der Waals surface area contributed by atoms with Crippen molar-refractivity contribution in [1.82, 2.24) is 9.97 Å². The summed E-state index contributed by atoms with van der Waals surface area (Å²) in [5.41, 5.74) is 4.62. The molecule has 0 bridgehead atoms. The topological polar surface area (TPSA) is 50.3 Å². The van der Waals surface area contributed by atoms with Gasteiger partial charge in [0.05, 0.1) is 5.69 Å². The highest BCUT2D eigenvalue weighted by Gasteiger charge is 2.28. The molecule has 0 radical (unpaired) electrons. The van der Waals surface area contributed by atoms with Crippen LogP contribution in [-0.4, -0.2) is 36.3 Å². The molecule has 1 aromatic heterocycles. The second kappa shape index (κ2) is 8.40. The molecule has 4 rings (SSSR count). The van der Waals surface area contributed by atoms with Gasteiger partial charge in [0, 0.05) is 43.6 Å². The third-order valence-electron chi connectivity index (χ3n) is 5.04. The standard InChI is InChI=1S/C23H26N4O/c1-17-15-19-11-6-7-12-21(19)27(17)22-16-20(18-9-4-3-5-10-18)25-23(26-22)24-13-8-14-28-2/h3-7,9-12,16-17H,8,13-15H2,1-2H3,(H,24,25,26). The van der Waals surface area contributed by atoms with Crippen LogP contribution in [0.2, 0.25) is 0 Å². The first-order valence-electron chi connectivity index (χ1n) is 9.80. The third-order valence-corrected chi connectivity index (χ3v) is 5.04. The number of rotatable bonds is 7. The van der Waals surface area contributed by atoms with Gasteiger partial charge in [-0.15, -0.1) is 0 Å². The van der Waals surface area contributed by atoms with Crippen molar-refractivity contribution in [3.63, 3.8) is 0 Å². The van der Waals surface area contributed by atoms with E-state index in [1.165, 1.54) is 11.3 Å². The molecule has 2 aromatic carbocycles. The number of methoxy groups -OCH3 is 1. The minimum Gasteiger partial charge on any atom is -0.385 e. The van der Waals surface area contributed by atoms with Gasteiger partial charge in [-0.1, -0.05) is 48.5 Å². The van der Waals surface area contributed by atoms with Crippen LogP contribution in [0.15, 0.2) is 60.7 Å². The van der Waals surface area contributed by atoms with E-state index in [-0.39, 0.29) is 0 Å². The van der Waals surface area contributed by atoms with E-state index in [2.05, 4.69) is 59.6 Å². The van der Waals surface area contributed by atoms with Crippen LogP contribution in [-0.2, 0) is 11.2 Å². The first-order chi connectivity index (χ1) is 13.8. The minimum atomic E-state index is 0.359. The Morgan fingerprint density at radius 3 is 2.68 bits per heavy atom. The van der Waals surface area contributed by atoms with Gasteiger partial charge in [-0.3, -0.25) is 0 Å². The Hall–Kier alpha value is -2.92. The van der Waals surface area contributed by atoms with E-state index < -0.39 is 0 Å². The monoisotopic (exact) mass is 374 g/mol. The number of anilines is 3. The summed E-state index contributed by atoms with van der Waals surface area (Å²) in [6.45, 7) is 3.74. The molecule has 0 fully saturated rings. The molecule has 2 heterocycles. The molecule has 0 amide bonds. The summed E-state index contributed by atoms with van der Waals surface area (Å²) in [5, 5.41) is 3.36. The highest BCUT2D eigenvalue weighted by Crippen LogP contribution is 2.38. The fourth-order valence-electron chi connectivity index (χ4n) is 3.73. The summed E-state index contributed by atoms with van der Waals surface area (Å²) in [7, 11) is 1.72. The maximum atomic E-state index is 5.14. The lowest BCUT2D eigenvalue weighted by atomic mass is 10.1. The Balaban J connectivity index is 1.72. The number of fused-ring (bicyclic) bond motifs is 1. The van der Waals surface area contributed by atoms with Crippen molar-refractivity contribution in [2.45, 2.75) is 25.8 Å². The molecule has 3 aromatic rings. The average Bonchev–Trinajstić information content (AvgIpc) is 3.07. The lowest BCUT2D eigenvalue weighted by Crippen LogP contribution is -2.25. The SMILES string of the molecule is COCCCNc1nc(-c2ccccc2)cc(N2c3ccccc3CC2C)n1. The largest absolute Gasteiger partial charge is 0.385 e. The Morgan fingerprint density at radius 1 is 1.07 bits per heavy atom. The molecule has 1 atom stereocenters. The van der Waals surface area contributed by atoms with Crippen molar-refractivity contribution in [3.05, 3.63) is 66.2 Å². The molecule has 1 aliphatic heterocycles. The molecule has 28 heavy (non-hydrogen) atoms. The highest BCUT2D eigenvalue weighted by atomic mass is 16.5. The van der Waals surface area contributed by atoms with Gasteiger partial charge in [-0.2, -0.15) is 4.98 Å². The van der Waals surface area contributed by atoms with Gasteiger partial charge in [0.25, 0.3) is 0 Å². The van der Waals surface area contributed by atoms with Gasteiger partial charge in [0.2, 0.25) is 5.95 Å². The average molecular weight is 374 g/mol. The Labute approximate surface area is 166 Å². The molecular formula is C23H26N4O. The van der Waals surface area contributed by atoms with E-state index in [4.69, 9.17) is 14.7 Å². The van der Waals surface area contributed by atoms with Gasteiger partial charge in [0.1, 0.15) is 5.82 Å². The zero-order valence-corrected chi connectivity index (χ0v) is 16.4. The smallest absolute Gasteiger partial charge is 0.225 e. The van der Waals surface area contributed by atoms with Crippen LogP contribution < -0.4 is 10.2 Å². The van der Waals surface area contributed by atoms with E-state index in [1.807, 2.05) is 18.2 Å². The van der Waals surface area contributed by atoms with Crippen LogP contribution >= 0.6 is 0 Å². The quantitative estimate of drug-likeness (QED) is 0.609. The predicted octanol–water partition coefficient (Wildman–Crippen LogP) is 4.67. The van der Waals surface area contributed by atoms with Crippen LogP contribution in [0.3, 0.4) is 0 Å². The molecule has 1 aliphatic rings. The van der Waals surface area contributed by atoms with Gasteiger partial charge < -0.3 is 15.0 Å². The predicted molar refractivity (Wildman–Crippen MR) is 114 cm³/mol. The zero-order chi connectivity index (χ0) is 19.3. The van der Waals surface area contributed by atoms with Crippen molar-refractivity contribution >= 4 is 17.5 Å². The number of aromatic nitrogens is 2. The fourth-order valence-corrected chi connectivity index (χ4v) is 3.73. The molecule has 5 nitrogen and oxygen atoms in total. The second-order valence-corrected chi connectivity index (χ2v) is 7.13. The number of ether oxygens (including phenoxy) is 1. The van der Waals surface area contributed by atoms with Gasteiger partial charge in [0.15, 0.2) is 0 Å². The van der Waals surface area contributed by atoms with E-state index in [9.17, 15) is 0 Å². The molecule has 0 spiro atoms. The maximum absolute atomic E-state index is 5.14. The summed E-state index contributed by atoms with van der Waals surface area (Å²) < 4.78 is 5.14. The van der Waals surface area contributed by atoms with E-state index >= 15 is 0 Å². The summed E-state index contributed by atoms with van der Waals surface area (Å²) >= 11 is 0. The fraction of sp³-hybridized carbons (Fsp3) is 0.304. The summed E-state index contributed by atoms with van der Waals surface area (Å²) in [4.78, 5) is 11.9. The van der Waals surface area contributed by atoms with Crippen LogP contribution in [0.25, 0.3) is 11.3 Å². The lowest BCUT2D eigenvalue weighted by Gasteiger charge is -2.25. The van der Waals surface area contributed by atoms with E-state index in [0.717, 1.165) is 43.1 Å². The normalized spacial score (nSPS) is 15.5. The second-order valence-electron chi connectivity index (χ2n) is 7.13. The molecule has 0 aliphatic carbocycles. The lowest BCUT2D eigenvalue weighted by molar-refractivity contribution is 0.197. The van der Waals surface area contributed by atoms with Gasteiger partial charge >= 0.3 is 0 Å². The molecular weight excluding hydrogens is 348 g/mol. The molecule has 0 saturated carbocycles. The number of benzene rings is 2. The summed E-state index contributed by atoms with van der Waals surface area (Å²) in [6.07, 6.45) is 1.94. The number of hydrogen-bond acceptors (Lipinski definition) is 5. The van der Waals surface area contributed by atoms with E-state index in [0.29, 0.717) is 12.0 Å². The number of para-hydroxylation sites is 1. The summed E-state index contributed by atoms with van der Waals surface area (Å²) in [6, 6.07) is 21.3. The zero-order valence-electron chi connectivity index (χ0n) is 16.4. The van der Waals surface area contributed by atoms with Crippen molar-refractivity contribution < 1.29 is 4.74 Å². The number of hydrogen-bond donors (Lipinski definition) is 1. The van der Waals surface area contributed by atoms with E-state index in [1.54, 1.807) is 7.11 Å². The minimum absolute atomic E-state index is 0.359. The Bertz CT molecular complexity index is 929. The number of nitrogens with zero attached hydrogens (tertiary/aromatic N) is 3. The van der Waals surface area contributed by atoms with Crippen molar-refractivity contribution in [2.24, 2.45) is 0 Å². The first-order valence-corrected chi connectivity index (χ1v) is 9.80. The van der Waals surface area contributed by atoms with Crippen molar-refractivity contribution in [3.8, 4) is 11.3 Å². The first kappa shape index (κ1) is 18.4. The van der Waals surface area contributed by atoms with Crippen LogP contribution in [0.1, 0.15) is 18.9 Å². The highest BCUT2D eigenvalue weighted by molar-refractivity contribution is 5.73. The molecule has 0 saturated heterocycles. The van der Waals surface area contributed by atoms with Crippen LogP contribution in [0, 0.1) is 0 Å². The molecule has 144 valence electrons.